The molecular formula is C37H46N6O7. The number of ketones is 1. The highest BCUT2D eigenvalue weighted by Gasteiger charge is 2.39. The van der Waals surface area contributed by atoms with E-state index in [2.05, 4.69) is 25.3 Å². The van der Waals surface area contributed by atoms with Crippen LogP contribution in [0.3, 0.4) is 0 Å². The fraction of sp³-hybridized carbons (Fsp3) is 0.486. The van der Waals surface area contributed by atoms with Gasteiger partial charge in [0.1, 0.15) is 23.5 Å². The first kappa shape index (κ1) is 36.2. The number of ether oxygens (including phenoxy) is 2. The minimum absolute atomic E-state index is 0.0737. The fourth-order valence-electron chi connectivity index (χ4n) is 6.42. The van der Waals surface area contributed by atoms with Gasteiger partial charge in [-0.05, 0) is 81.5 Å². The molecule has 2 fully saturated rings. The van der Waals surface area contributed by atoms with Gasteiger partial charge in [0.25, 0.3) is 0 Å². The lowest BCUT2D eigenvalue weighted by atomic mass is 10.00. The summed E-state index contributed by atoms with van der Waals surface area (Å²) in [6.07, 6.45) is 4.79. The number of Topliss-reactive ketones (excluding diaryl/α,β-unsaturated/α-hetero) is 1. The average Bonchev–Trinajstić information content (AvgIpc) is 3.77. The lowest BCUT2D eigenvalue weighted by Gasteiger charge is -2.30. The third-order valence-electron chi connectivity index (χ3n) is 8.97. The van der Waals surface area contributed by atoms with Gasteiger partial charge < -0.3 is 25.0 Å². The van der Waals surface area contributed by atoms with Crippen LogP contribution in [0.5, 0.6) is 0 Å². The largest absolute Gasteiger partial charge is 0.453 e. The number of likely N-dealkylation sites (tertiary alicyclic amines) is 2. The van der Waals surface area contributed by atoms with Crippen molar-refractivity contribution in [1.29, 1.82) is 0 Å². The van der Waals surface area contributed by atoms with Gasteiger partial charge in [0.2, 0.25) is 11.8 Å². The molecule has 1 aromatic carbocycles. The number of benzene rings is 1. The Morgan fingerprint density at radius 1 is 0.880 bits per heavy atom. The number of fused-ring (bicyclic) bond motifs is 1. The number of carbonyl (C=O) groups is 5. The number of hydrogen-bond donors (Lipinski definition) is 2. The van der Waals surface area contributed by atoms with Crippen LogP contribution in [0, 0.1) is 5.92 Å². The van der Waals surface area contributed by atoms with E-state index in [9.17, 15) is 24.0 Å². The molecule has 0 bridgehead atoms. The van der Waals surface area contributed by atoms with Crippen molar-refractivity contribution < 1.29 is 33.4 Å². The van der Waals surface area contributed by atoms with Gasteiger partial charge in [0.15, 0.2) is 5.78 Å². The number of methoxy groups -OCH3 is 1. The molecule has 0 unspecified atom stereocenters. The minimum Gasteiger partial charge on any atom is -0.453 e. The van der Waals surface area contributed by atoms with E-state index in [1.165, 1.54) is 12.0 Å². The summed E-state index contributed by atoms with van der Waals surface area (Å²) < 4.78 is 10.2. The molecule has 2 aliphatic heterocycles. The third kappa shape index (κ3) is 8.55. The number of nitrogens with zero attached hydrogens (tertiary/aromatic N) is 4. The molecule has 3 atom stereocenters. The molecule has 266 valence electrons. The number of pyridine rings is 2. The normalized spacial score (nSPS) is 18.2. The number of carbonyl (C=O) groups excluding carboxylic acids is 5. The molecule has 4 amide bonds. The van der Waals surface area contributed by atoms with E-state index in [1.807, 2.05) is 44.2 Å². The molecule has 13 nitrogen and oxygen atoms in total. The van der Waals surface area contributed by atoms with Gasteiger partial charge in [0.05, 0.1) is 19.6 Å². The van der Waals surface area contributed by atoms with Crippen molar-refractivity contribution in [2.24, 2.45) is 5.92 Å². The summed E-state index contributed by atoms with van der Waals surface area (Å²) in [7, 11) is 1.24. The highest BCUT2D eigenvalue weighted by Crippen LogP contribution is 2.28. The first-order chi connectivity index (χ1) is 23.7. The summed E-state index contributed by atoms with van der Waals surface area (Å²) in [5, 5.41) is 7.22. The molecule has 2 N–H and O–H groups in total. The lowest BCUT2D eigenvalue weighted by molar-refractivity contribution is -0.139. The number of nitrogens with one attached hydrogen (secondary N) is 2. The van der Waals surface area contributed by atoms with Crippen molar-refractivity contribution >= 4 is 46.4 Å². The zero-order valence-electron chi connectivity index (χ0n) is 29.5. The van der Waals surface area contributed by atoms with Crippen molar-refractivity contribution in [1.82, 2.24) is 25.1 Å². The highest BCUT2D eigenvalue weighted by molar-refractivity contribution is 5.98. The predicted octanol–water partition coefficient (Wildman–Crippen LogP) is 5.12. The zero-order chi connectivity index (χ0) is 36.2. The smallest absolute Gasteiger partial charge is 0.410 e. The van der Waals surface area contributed by atoms with Crippen molar-refractivity contribution in [2.45, 2.75) is 90.4 Å². The Balaban J connectivity index is 1.24. The topological polar surface area (TPSA) is 160 Å². The van der Waals surface area contributed by atoms with Crippen LogP contribution in [0.1, 0.15) is 66.0 Å². The molecule has 13 heteroatoms. The van der Waals surface area contributed by atoms with Gasteiger partial charge in [-0.2, -0.15) is 0 Å². The summed E-state index contributed by atoms with van der Waals surface area (Å²) >= 11 is 0. The summed E-state index contributed by atoms with van der Waals surface area (Å²) in [4.78, 5) is 76.5. The van der Waals surface area contributed by atoms with Crippen LogP contribution in [-0.4, -0.2) is 93.5 Å². The average molecular weight is 687 g/mol. The van der Waals surface area contributed by atoms with E-state index in [1.54, 1.807) is 44.1 Å². The van der Waals surface area contributed by atoms with E-state index >= 15 is 0 Å². The number of hydrogen-bond acceptors (Lipinski definition) is 9. The Hall–Kier alpha value is -5.07. The second-order valence-corrected chi connectivity index (χ2v) is 14.2. The van der Waals surface area contributed by atoms with Crippen LogP contribution >= 0.6 is 0 Å². The van der Waals surface area contributed by atoms with Gasteiger partial charge >= 0.3 is 12.2 Å². The molecule has 5 rings (SSSR count). The minimum atomic E-state index is -0.792. The number of alkyl carbamates (subject to hydrolysis) is 1. The van der Waals surface area contributed by atoms with Gasteiger partial charge in [-0.3, -0.25) is 24.3 Å². The summed E-state index contributed by atoms with van der Waals surface area (Å²) in [5.41, 5.74) is 1.67. The van der Waals surface area contributed by atoms with Crippen LogP contribution in [0.2, 0.25) is 0 Å². The molecule has 2 saturated heterocycles. The standard InChI is InChI=1S/C37H46N6O7/c1-22(2)32(41-35(47)49-6)34(46)42-15-7-9-28(42)30(44)19-27-14-13-24(20-38-27)23-11-12-25-21-39-31(18-26(25)17-23)40-33(45)29-10-8-16-43(29)36(48)50-37(3,4)5/h11-14,17-18,20-22,28-29,32H,7-10,15-16,19H2,1-6H3,(H,41,47)(H,39,40,45)/t28-,29-,32-/m0/s1. The van der Waals surface area contributed by atoms with Crippen LogP contribution in [0.4, 0.5) is 15.4 Å². The van der Waals surface area contributed by atoms with Crippen molar-refractivity contribution in [3.63, 3.8) is 0 Å². The second-order valence-electron chi connectivity index (χ2n) is 14.2. The Morgan fingerprint density at radius 3 is 2.24 bits per heavy atom. The monoisotopic (exact) mass is 686 g/mol. The fourth-order valence-corrected chi connectivity index (χ4v) is 6.42. The quantitative estimate of drug-likeness (QED) is 0.312. The van der Waals surface area contributed by atoms with E-state index in [0.29, 0.717) is 50.3 Å². The molecule has 3 aromatic rings. The van der Waals surface area contributed by atoms with E-state index in [0.717, 1.165) is 21.9 Å². The number of amides is 4. The Bertz CT molecular complexity index is 1750. The zero-order valence-corrected chi connectivity index (χ0v) is 29.5. The first-order valence-corrected chi connectivity index (χ1v) is 17.1. The number of aromatic nitrogens is 2. The van der Waals surface area contributed by atoms with E-state index in [-0.39, 0.29) is 29.9 Å². The van der Waals surface area contributed by atoms with Gasteiger partial charge in [-0.15, -0.1) is 0 Å². The predicted molar refractivity (Wildman–Crippen MR) is 187 cm³/mol. The maximum atomic E-state index is 13.4. The number of rotatable bonds is 9. The Morgan fingerprint density at radius 2 is 1.58 bits per heavy atom. The molecular weight excluding hydrogens is 640 g/mol. The molecule has 0 spiro atoms. The van der Waals surface area contributed by atoms with Gasteiger partial charge in [0, 0.05) is 42.1 Å². The highest BCUT2D eigenvalue weighted by atomic mass is 16.6. The molecule has 4 heterocycles. The van der Waals surface area contributed by atoms with Crippen LogP contribution in [0.15, 0.2) is 48.8 Å². The molecule has 0 saturated carbocycles. The summed E-state index contributed by atoms with van der Waals surface area (Å²) in [6.45, 7) is 9.95. The van der Waals surface area contributed by atoms with Crippen molar-refractivity contribution in [3.05, 3.63) is 54.5 Å². The van der Waals surface area contributed by atoms with E-state index < -0.39 is 35.9 Å². The van der Waals surface area contributed by atoms with Crippen molar-refractivity contribution in [2.75, 3.05) is 25.5 Å². The first-order valence-electron chi connectivity index (χ1n) is 17.1. The van der Waals surface area contributed by atoms with Crippen LogP contribution < -0.4 is 10.6 Å². The molecule has 0 radical (unpaired) electrons. The lowest BCUT2D eigenvalue weighted by Crippen LogP contribution is -2.53. The Kier molecular flexibility index (Phi) is 11.0. The molecule has 0 aliphatic carbocycles. The molecule has 2 aliphatic rings. The SMILES string of the molecule is COC(=O)N[C@H](C(=O)N1CCC[C@H]1C(=O)Cc1ccc(-c2ccc3cnc(NC(=O)[C@@H]4CCCN4C(=O)OC(C)(C)C)cc3c2)cn1)C(C)C. The second kappa shape index (κ2) is 15.2. The number of anilines is 1. The van der Waals surface area contributed by atoms with Crippen LogP contribution in [0.25, 0.3) is 21.9 Å². The Labute approximate surface area is 292 Å². The van der Waals surface area contributed by atoms with Crippen LogP contribution in [-0.2, 0) is 30.3 Å². The maximum Gasteiger partial charge on any atom is 0.410 e. The molecule has 50 heavy (non-hydrogen) atoms. The molecule has 2 aromatic heterocycles. The maximum absolute atomic E-state index is 13.4. The summed E-state index contributed by atoms with van der Waals surface area (Å²) in [6, 6.07) is 9.37. The van der Waals surface area contributed by atoms with Gasteiger partial charge in [-0.1, -0.05) is 32.0 Å². The van der Waals surface area contributed by atoms with E-state index in [4.69, 9.17) is 4.74 Å². The van der Waals surface area contributed by atoms with Gasteiger partial charge in [-0.25, -0.2) is 14.6 Å². The third-order valence-corrected chi connectivity index (χ3v) is 8.97. The van der Waals surface area contributed by atoms with Crippen molar-refractivity contribution in [3.8, 4) is 11.1 Å². The summed E-state index contributed by atoms with van der Waals surface area (Å²) in [5.74, 6) is -0.509.